The first-order chi connectivity index (χ1) is 6.45. The second-order valence-corrected chi connectivity index (χ2v) is 3.65. The quantitative estimate of drug-likeness (QED) is 0.832. The SMILES string of the molecule is N#CC[C@H](N)c1cc(C(F)(F)F)cs1. The predicted molar refractivity (Wildman–Crippen MR) is 46.5 cm³/mol. The van der Waals surface area contributed by atoms with Gasteiger partial charge in [0, 0.05) is 10.3 Å². The molecule has 0 amide bonds. The molecule has 0 bridgehead atoms. The second kappa shape index (κ2) is 3.98. The third-order valence-corrected chi connectivity index (χ3v) is 2.69. The van der Waals surface area contributed by atoms with E-state index in [1.54, 1.807) is 0 Å². The zero-order valence-electron chi connectivity index (χ0n) is 7.01. The van der Waals surface area contributed by atoms with Crippen molar-refractivity contribution in [2.45, 2.75) is 18.6 Å². The van der Waals surface area contributed by atoms with Crippen molar-refractivity contribution in [2.24, 2.45) is 5.73 Å². The number of thiophene rings is 1. The molecular formula is C8H7F3N2S. The van der Waals surface area contributed by atoms with Gasteiger partial charge in [0.05, 0.1) is 24.1 Å². The van der Waals surface area contributed by atoms with Crippen LogP contribution in [0.15, 0.2) is 11.4 Å². The van der Waals surface area contributed by atoms with E-state index in [2.05, 4.69) is 0 Å². The maximum atomic E-state index is 12.2. The molecule has 0 saturated heterocycles. The Bertz CT molecular complexity index is 350. The molecule has 1 atom stereocenters. The van der Waals surface area contributed by atoms with Crippen molar-refractivity contribution in [1.29, 1.82) is 5.26 Å². The highest BCUT2D eigenvalue weighted by atomic mass is 32.1. The molecule has 76 valence electrons. The molecule has 1 aromatic heterocycles. The molecule has 0 aliphatic heterocycles. The zero-order chi connectivity index (χ0) is 10.8. The van der Waals surface area contributed by atoms with Gasteiger partial charge in [0.15, 0.2) is 0 Å². The fourth-order valence-electron chi connectivity index (χ4n) is 0.895. The van der Waals surface area contributed by atoms with Gasteiger partial charge in [0.2, 0.25) is 0 Å². The van der Waals surface area contributed by atoms with Crippen molar-refractivity contribution in [3.8, 4) is 6.07 Å². The van der Waals surface area contributed by atoms with Gasteiger partial charge in [0.25, 0.3) is 0 Å². The number of rotatable bonds is 2. The van der Waals surface area contributed by atoms with Crippen LogP contribution in [0.1, 0.15) is 22.9 Å². The van der Waals surface area contributed by atoms with Crippen molar-refractivity contribution in [3.63, 3.8) is 0 Å². The number of alkyl halides is 3. The third kappa shape index (κ3) is 2.47. The maximum Gasteiger partial charge on any atom is 0.417 e. The molecule has 0 unspecified atom stereocenters. The molecule has 2 N–H and O–H groups in total. The van der Waals surface area contributed by atoms with Crippen LogP contribution in [0.25, 0.3) is 0 Å². The van der Waals surface area contributed by atoms with Gasteiger partial charge in [-0.05, 0) is 6.07 Å². The zero-order valence-corrected chi connectivity index (χ0v) is 7.82. The summed E-state index contributed by atoms with van der Waals surface area (Å²) < 4.78 is 36.5. The van der Waals surface area contributed by atoms with Crippen LogP contribution < -0.4 is 5.73 Å². The molecule has 1 aromatic rings. The summed E-state index contributed by atoms with van der Waals surface area (Å²) in [7, 11) is 0. The fraction of sp³-hybridized carbons (Fsp3) is 0.375. The average Bonchev–Trinajstić information content (AvgIpc) is 2.51. The Morgan fingerprint density at radius 2 is 2.21 bits per heavy atom. The molecule has 1 heterocycles. The lowest BCUT2D eigenvalue weighted by atomic mass is 10.2. The first kappa shape index (κ1) is 11.0. The minimum absolute atomic E-state index is 0.0256. The summed E-state index contributed by atoms with van der Waals surface area (Å²) in [5.41, 5.74) is 4.78. The molecule has 2 nitrogen and oxygen atoms in total. The first-order valence-electron chi connectivity index (χ1n) is 3.73. The van der Waals surface area contributed by atoms with E-state index in [1.165, 1.54) is 0 Å². The van der Waals surface area contributed by atoms with Gasteiger partial charge in [-0.1, -0.05) is 0 Å². The van der Waals surface area contributed by atoms with Crippen molar-refractivity contribution in [1.82, 2.24) is 0 Å². The number of halogens is 3. The van der Waals surface area contributed by atoms with E-state index in [0.717, 1.165) is 22.8 Å². The van der Waals surface area contributed by atoms with Gasteiger partial charge < -0.3 is 5.73 Å². The number of hydrogen-bond acceptors (Lipinski definition) is 3. The van der Waals surface area contributed by atoms with Gasteiger partial charge in [-0.3, -0.25) is 0 Å². The summed E-state index contributed by atoms with van der Waals surface area (Å²) in [5.74, 6) is 0. The Labute approximate surface area is 82.8 Å². The standard InChI is InChI=1S/C8H7F3N2S/c9-8(10,11)5-3-7(14-4-5)6(13)1-2-12/h3-4,6H,1,13H2/t6-/m0/s1. The summed E-state index contributed by atoms with van der Waals surface area (Å²) >= 11 is 0.928. The van der Waals surface area contributed by atoms with Crippen LogP contribution in [0.5, 0.6) is 0 Å². The fourth-order valence-corrected chi connectivity index (χ4v) is 1.81. The summed E-state index contributed by atoms with van der Waals surface area (Å²) in [6, 6.07) is 2.18. The van der Waals surface area contributed by atoms with Crippen LogP contribution in [0.3, 0.4) is 0 Å². The third-order valence-electron chi connectivity index (χ3n) is 1.62. The van der Waals surface area contributed by atoms with E-state index in [0.29, 0.717) is 4.88 Å². The molecule has 1 rings (SSSR count). The Kier molecular flexibility index (Phi) is 3.13. The molecule has 0 aromatic carbocycles. The molecular weight excluding hydrogens is 213 g/mol. The van der Waals surface area contributed by atoms with E-state index < -0.39 is 17.8 Å². The molecule has 0 radical (unpaired) electrons. The van der Waals surface area contributed by atoms with Crippen LogP contribution in [0.4, 0.5) is 13.2 Å². The van der Waals surface area contributed by atoms with Crippen molar-refractivity contribution in [3.05, 3.63) is 21.9 Å². The van der Waals surface area contributed by atoms with Gasteiger partial charge >= 0.3 is 6.18 Å². The maximum absolute atomic E-state index is 12.2. The topological polar surface area (TPSA) is 49.8 Å². The molecule has 0 fully saturated rings. The van der Waals surface area contributed by atoms with Crippen LogP contribution >= 0.6 is 11.3 Å². The Balaban J connectivity index is 2.84. The monoisotopic (exact) mass is 220 g/mol. The van der Waals surface area contributed by atoms with Gasteiger partial charge in [-0.25, -0.2) is 0 Å². The van der Waals surface area contributed by atoms with Crippen LogP contribution in [0.2, 0.25) is 0 Å². The molecule has 6 heteroatoms. The summed E-state index contributed by atoms with van der Waals surface area (Å²) in [4.78, 5) is 0.388. The summed E-state index contributed by atoms with van der Waals surface area (Å²) in [6.07, 6.45) is -4.31. The Morgan fingerprint density at radius 1 is 1.57 bits per heavy atom. The van der Waals surface area contributed by atoms with Crippen molar-refractivity contribution in [2.75, 3.05) is 0 Å². The number of nitriles is 1. The number of hydrogen-bond donors (Lipinski definition) is 1. The molecule has 0 spiro atoms. The van der Waals surface area contributed by atoms with Gasteiger partial charge in [-0.2, -0.15) is 18.4 Å². The van der Waals surface area contributed by atoms with Crippen molar-refractivity contribution >= 4 is 11.3 Å². The van der Waals surface area contributed by atoms with E-state index in [-0.39, 0.29) is 6.42 Å². The van der Waals surface area contributed by atoms with Crippen LogP contribution in [0, 0.1) is 11.3 Å². The van der Waals surface area contributed by atoms with E-state index in [4.69, 9.17) is 11.0 Å². The molecule has 0 aliphatic rings. The Morgan fingerprint density at radius 3 is 2.64 bits per heavy atom. The van der Waals surface area contributed by atoms with Gasteiger partial charge in [0.1, 0.15) is 0 Å². The predicted octanol–water partition coefficient (Wildman–Crippen LogP) is 2.68. The van der Waals surface area contributed by atoms with Crippen LogP contribution in [-0.4, -0.2) is 0 Å². The van der Waals surface area contributed by atoms with E-state index >= 15 is 0 Å². The largest absolute Gasteiger partial charge is 0.417 e. The van der Waals surface area contributed by atoms with Gasteiger partial charge in [-0.15, -0.1) is 11.3 Å². The van der Waals surface area contributed by atoms with Crippen LogP contribution in [-0.2, 0) is 6.18 Å². The van der Waals surface area contributed by atoms with E-state index in [1.807, 2.05) is 6.07 Å². The molecule has 0 saturated carbocycles. The molecule has 0 aliphatic carbocycles. The lowest BCUT2D eigenvalue weighted by Gasteiger charge is -2.03. The second-order valence-electron chi connectivity index (χ2n) is 2.70. The smallest absolute Gasteiger partial charge is 0.322 e. The summed E-state index contributed by atoms with van der Waals surface area (Å²) in [6.45, 7) is 0. The summed E-state index contributed by atoms with van der Waals surface area (Å²) in [5, 5.41) is 9.32. The highest BCUT2D eigenvalue weighted by Crippen LogP contribution is 2.34. The first-order valence-corrected chi connectivity index (χ1v) is 4.61. The lowest BCUT2D eigenvalue weighted by Crippen LogP contribution is -2.08. The highest BCUT2D eigenvalue weighted by molar-refractivity contribution is 7.10. The lowest BCUT2D eigenvalue weighted by molar-refractivity contribution is -0.137. The molecule has 14 heavy (non-hydrogen) atoms. The number of nitrogens with zero attached hydrogens (tertiary/aromatic N) is 1. The average molecular weight is 220 g/mol. The highest BCUT2D eigenvalue weighted by Gasteiger charge is 2.32. The van der Waals surface area contributed by atoms with Crippen molar-refractivity contribution < 1.29 is 13.2 Å². The minimum Gasteiger partial charge on any atom is -0.322 e. The number of nitrogens with two attached hydrogens (primary N) is 1. The Hall–Kier alpha value is -1.06. The van der Waals surface area contributed by atoms with E-state index in [9.17, 15) is 13.2 Å². The minimum atomic E-state index is -4.33. The normalized spacial score (nSPS) is 13.6.